The number of thioether (sulfide) groups is 1. The molecule has 4 aromatic rings. The Bertz CT molecular complexity index is 1460. The topological polar surface area (TPSA) is 57.0 Å². The first-order valence-electron chi connectivity index (χ1n) is 10.8. The number of pyridine rings is 2. The van der Waals surface area contributed by atoms with Crippen molar-refractivity contribution in [2.24, 2.45) is 0 Å². The Morgan fingerprint density at radius 1 is 1.17 bits per heavy atom. The van der Waals surface area contributed by atoms with Crippen LogP contribution in [0.5, 0.6) is 0 Å². The number of nitrogens with zero attached hydrogens (tertiary/aromatic N) is 3. The van der Waals surface area contributed by atoms with E-state index in [1.54, 1.807) is 27.7 Å². The summed E-state index contributed by atoms with van der Waals surface area (Å²) in [6.07, 6.45) is -4.63. The summed E-state index contributed by atoms with van der Waals surface area (Å²) in [6, 6.07) is 8.62. The van der Waals surface area contributed by atoms with E-state index >= 15 is 0 Å². The third kappa shape index (κ3) is 5.04. The van der Waals surface area contributed by atoms with Gasteiger partial charge < -0.3 is 4.74 Å². The minimum atomic E-state index is -4.62. The molecular formula is C25H23BrF3N3O2S. The number of carbonyl (C=O) groups excluding carboxylic acids is 1. The van der Waals surface area contributed by atoms with Crippen molar-refractivity contribution in [1.82, 2.24) is 14.5 Å². The highest BCUT2D eigenvalue weighted by Gasteiger charge is 2.34. The van der Waals surface area contributed by atoms with E-state index in [0.29, 0.717) is 22.5 Å². The number of benzene rings is 1. The minimum absolute atomic E-state index is 0.0187. The molecule has 0 N–H and O–H groups in total. The highest BCUT2D eigenvalue weighted by molar-refractivity contribution is 9.10. The van der Waals surface area contributed by atoms with E-state index in [9.17, 15) is 18.0 Å². The van der Waals surface area contributed by atoms with Gasteiger partial charge in [0.1, 0.15) is 11.3 Å². The second-order valence-corrected chi connectivity index (χ2v) is 11.2. The van der Waals surface area contributed by atoms with Crippen molar-refractivity contribution in [2.75, 3.05) is 5.75 Å². The van der Waals surface area contributed by atoms with Gasteiger partial charge in [-0.2, -0.15) is 13.2 Å². The lowest BCUT2D eigenvalue weighted by Gasteiger charge is -2.21. The van der Waals surface area contributed by atoms with Crippen molar-refractivity contribution in [3.63, 3.8) is 0 Å². The Labute approximate surface area is 213 Å². The number of ether oxygens (including phenoxy) is 1. The molecule has 5 nitrogen and oxygen atoms in total. The molecule has 10 heteroatoms. The average molecular weight is 566 g/mol. The lowest BCUT2D eigenvalue weighted by molar-refractivity contribution is -0.137. The normalized spacial score (nSPS) is 12.5. The number of aromatic nitrogens is 3. The summed E-state index contributed by atoms with van der Waals surface area (Å²) in [7, 11) is 0. The number of rotatable bonds is 3. The van der Waals surface area contributed by atoms with Crippen LogP contribution in [0.15, 0.2) is 45.9 Å². The molecule has 0 radical (unpaired) electrons. The standard InChI is InChI=1S/C25H23BrF3N3O2S/c1-6-35-19-9-14-7-8-16(26)11-17(14)31-21(19)22-13(2)20-18(10-15(12-30-20)25(27,28)29)32(22)23(33)34-24(3,4)5/h7-12H,6H2,1-5H3. The molecule has 0 aliphatic heterocycles. The third-order valence-electron chi connectivity index (χ3n) is 5.21. The number of hydrogen-bond acceptors (Lipinski definition) is 5. The van der Waals surface area contributed by atoms with Crippen LogP contribution < -0.4 is 0 Å². The molecule has 35 heavy (non-hydrogen) atoms. The van der Waals surface area contributed by atoms with Gasteiger partial charge in [-0.15, -0.1) is 11.8 Å². The third-order valence-corrected chi connectivity index (χ3v) is 6.62. The van der Waals surface area contributed by atoms with Crippen molar-refractivity contribution in [3.8, 4) is 11.4 Å². The first kappa shape index (κ1) is 25.5. The van der Waals surface area contributed by atoms with Gasteiger partial charge in [0.25, 0.3) is 0 Å². The minimum Gasteiger partial charge on any atom is -0.443 e. The van der Waals surface area contributed by atoms with Gasteiger partial charge in [-0.3, -0.25) is 4.98 Å². The molecule has 1 aromatic carbocycles. The van der Waals surface area contributed by atoms with Crippen LogP contribution in [0.1, 0.15) is 38.8 Å². The van der Waals surface area contributed by atoms with Crippen LogP contribution in [0.2, 0.25) is 0 Å². The largest absolute Gasteiger partial charge is 0.443 e. The lowest BCUT2D eigenvalue weighted by atomic mass is 10.1. The molecule has 0 amide bonds. The summed E-state index contributed by atoms with van der Waals surface area (Å²) in [5, 5.41) is 0.906. The summed E-state index contributed by atoms with van der Waals surface area (Å²) in [5.74, 6) is 0.735. The number of halogens is 4. The molecule has 0 aliphatic rings. The van der Waals surface area contributed by atoms with Crippen LogP contribution in [-0.2, 0) is 10.9 Å². The van der Waals surface area contributed by atoms with Gasteiger partial charge in [-0.1, -0.05) is 28.9 Å². The first-order valence-corrected chi connectivity index (χ1v) is 12.6. The molecule has 0 saturated heterocycles. The second-order valence-electron chi connectivity index (χ2n) is 8.98. The van der Waals surface area contributed by atoms with Crippen LogP contribution in [0.25, 0.3) is 33.3 Å². The van der Waals surface area contributed by atoms with E-state index in [1.807, 2.05) is 31.2 Å². The van der Waals surface area contributed by atoms with Crippen LogP contribution in [0, 0.1) is 6.92 Å². The molecule has 0 spiro atoms. The first-order chi connectivity index (χ1) is 16.3. The molecule has 0 saturated carbocycles. The summed E-state index contributed by atoms with van der Waals surface area (Å²) >= 11 is 5.00. The number of alkyl halides is 3. The van der Waals surface area contributed by atoms with Crippen LogP contribution >= 0.6 is 27.7 Å². The van der Waals surface area contributed by atoms with E-state index in [1.165, 1.54) is 16.3 Å². The molecule has 0 aliphatic carbocycles. The Kier molecular flexibility index (Phi) is 6.65. The van der Waals surface area contributed by atoms with Crippen molar-refractivity contribution in [3.05, 3.63) is 52.1 Å². The number of fused-ring (bicyclic) bond motifs is 2. The fourth-order valence-corrected chi connectivity index (χ4v) is 4.95. The molecule has 184 valence electrons. The zero-order chi connectivity index (χ0) is 25.7. The fourth-order valence-electron chi connectivity index (χ4n) is 3.80. The SMILES string of the molecule is CCSc1cc2ccc(Br)cc2nc1-c1c(C)c2ncc(C(F)(F)F)cc2n1C(=O)OC(C)(C)C. The van der Waals surface area contributed by atoms with Crippen LogP contribution in [0.3, 0.4) is 0 Å². The quantitative estimate of drug-likeness (QED) is 0.234. The molecular weight excluding hydrogens is 543 g/mol. The molecule has 0 unspecified atom stereocenters. The highest BCUT2D eigenvalue weighted by atomic mass is 79.9. The van der Waals surface area contributed by atoms with Crippen molar-refractivity contribution in [1.29, 1.82) is 0 Å². The van der Waals surface area contributed by atoms with E-state index in [-0.39, 0.29) is 11.0 Å². The van der Waals surface area contributed by atoms with Gasteiger partial charge in [0, 0.05) is 26.5 Å². The predicted octanol–water partition coefficient (Wildman–Crippen LogP) is 8.24. The van der Waals surface area contributed by atoms with Crippen LogP contribution in [0.4, 0.5) is 18.0 Å². The van der Waals surface area contributed by atoms with E-state index in [0.717, 1.165) is 32.8 Å². The number of carbonyl (C=O) groups is 1. The van der Waals surface area contributed by atoms with Crippen molar-refractivity contribution in [2.45, 2.75) is 51.3 Å². The number of hydrogen-bond donors (Lipinski definition) is 0. The van der Waals surface area contributed by atoms with Gasteiger partial charge in [0.05, 0.1) is 27.8 Å². The lowest BCUT2D eigenvalue weighted by Crippen LogP contribution is -2.27. The van der Waals surface area contributed by atoms with E-state index in [4.69, 9.17) is 9.72 Å². The monoisotopic (exact) mass is 565 g/mol. The van der Waals surface area contributed by atoms with Gasteiger partial charge >= 0.3 is 12.3 Å². The Morgan fingerprint density at radius 3 is 2.51 bits per heavy atom. The summed E-state index contributed by atoms with van der Waals surface area (Å²) < 4.78 is 48.2. The molecule has 4 rings (SSSR count). The molecule has 0 bridgehead atoms. The number of aryl methyl sites for hydroxylation is 1. The maximum absolute atomic E-state index is 13.5. The maximum atomic E-state index is 13.5. The van der Waals surface area contributed by atoms with Gasteiger partial charge in [0.15, 0.2) is 0 Å². The average Bonchev–Trinajstić information content (AvgIpc) is 3.04. The van der Waals surface area contributed by atoms with Gasteiger partial charge in [0.2, 0.25) is 0 Å². The smallest absolute Gasteiger partial charge is 0.419 e. The van der Waals surface area contributed by atoms with E-state index in [2.05, 4.69) is 20.9 Å². The summed E-state index contributed by atoms with van der Waals surface area (Å²) in [5.41, 5.74) is 0.552. The van der Waals surface area contributed by atoms with E-state index < -0.39 is 23.4 Å². The van der Waals surface area contributed by atoms with Crippen molar-refractivity contribution < 1.29 is 22.7 Å². The fraction of sp³-hybridized carbons (Fsp3) is 0.320. The summed E-state index contributed by atoms with van der Waals surface area (Å²) in [4.78, 5) is 23.2. The predicted molar refractivity (Wildman–Crippen MR) is 136 cm³/mol. The molecule has 3 aromatic heterocycles. The van der Waals surface area contributed by atoms with Gasteiger partial charge in [-0.25, -0.2) is 14.3 Å². The molecule has 0 atom stereocenters. The zero-order valence-corrected chi connectivity index (χ0v) is 22.2. The summed E-state index contributed by atoms with van der Waals surface area (Å²) in [6.45, 7) is 8.83. The molecule has 0 fully saturated rings. The van der Waals surface area contributed by atoms with Crippen molar-refractivity contribution >= 4 is 55.7 Å². The maximum Gasteiger partial charge on any atom is 0.419 e. The van der Waals surface area contributed by atoms with Gasteiger partial charge in [-0.05, 0) is 57.7 Å². The zero-order valence-electron chi connectivity index (χ0n) is 19.7. The molecule has 3 heterocycles. The second kappa shape index (κ2) is 9.13. The Hall–Kier alpha value is -2.59. The Morgan fingerprint density at radius 2 is 1.89 bits per heavy atom. The van der Waals surface area contributed by atoms with Crippen LogP contribution in [-0.4, -0.2) is 32.0 Å². The highest BCUT2D eigenvalue weighted by Crippen LogP contribution is 2.40. The Balaban J connectivity index is 2.11.